The lowest BCUT2D eigenvalue weighted by Gasteiger charge is -2.21. The standard InChI is InChI=1S/C21H26N2O3S/c1-26-18-11-8-16(9-12-18)19(24)14-27-21-22-17(13-20(25)23-21)10-7-15-5-3-2-4-6-15/h8-9,11-13,15H,2-7,10,14H2,1H3,(H,22,23,25). The van der Waals surface area contributed by atoms with Crippen LogP contribution < -0.4 is 10.3 Å². The quantitative estimate of drug-likeness (QED) is 0.417. The van der Waals surface area contributed by atoms with Gasteiger partial charge < -0.3 is 9.72 Å². The molecule has 0 bridgehead atoms. The summed E-state index contributed by atoms with van der Waals surface area (Å²) < 4.78 is 5.11. The van der Waals surface area contributed by atoms with Crippen molar-refractivity contribution < 1.29 is 9.53 Å². The lowest BCUT2D eigenvalue weighted by Crippen LogP contribution is -2.13. The molecule has 0 saturated heterocycles. The highest BCUT2D eigenvalue weighted by atomic mass is 32.2. The van der Waals surface area contributed by atoms with Crippen LogP contribution >= 0.6 is 11.8 Å². The first kappa shape index (κ1) is 19.7. The number of H-pyrrole nitrogens is 1. The number of ketones is 1. The predicted octanol–water partition coefficient (Wildman–Crippen LogP) is 4.27. The van der Waals surface area contributed by atoms with Crippen LogP contribution in [0.2, 0.25) is 0 Å². The second kappa shape index (κ2) is 9.74. The summed E-state index contributed by atoms with van der Waals surface area (Å²) in [4.78, 5) is 31.6. The normalized spacial score (nSPS) is 14.9. The van der Waals surface area contributed by atoms with E-state index in [2.05, 4.69) is 9.97 Å². The van der Waals surface area contributed by atoms with Gasteiger partial charge in [-0.3, -0.25) is 9.59 Å². The molecule has 144 valence electrons. The minimum absolute atomic E-state index is 0.00193. The summed E-state index contributed by atoms with van der Waals surface area (Å²) in [5.41, 5.74) is 1.30. The van der Waals surface area contributed by atoms with E-state index in [1.807, 2.05) is 0 Å². The van der Waals surface area contributed by atoms with Crippen molar-refractivity contribution in [3.63, 3.8) is 0 Å². The van der Waals surface area contributed by atoms with Gasteiger partial charge in [0.15, 0.2) is 10.9 Å². The van der Waals surface area contributed by atoms with Gasteiger partial charge in [-0.25, -0.2) is 4.98 Å². The SMILES string of the molecule is COc1ccc(C(=O)CSc2nc(CCC3CCCCC3)cc(=O)[nH]2)cc1. The number of thioether (sulfide) groups is 1. The molecule has 0 atom stereocenters. The Kier molecular flexibility index (Phi) is 7.10. The molecule has 6 heteroatoms. The summed E-state index contributed by atoms with van der Waals surface area (Å²) in [5, 5.41) is 0.517. The Bertz CT molecular complexity index is 811. The average molecular weight is 387 g/mol. The number of aryl methyl sites for hydroxylation is 1. The Labute approximate surface area is 163 Å². The van der Waals surface area contributed by atoms with Crippen molar-refractivity contribution in [3.8, 4) is 5.75 Å². The summed E-state index contributed by atoms with van der Waals surface area (Å²) in [6, 6.07) is 8.61. The topological polar surface area (TPSA) is 72.0 Å². The molecule has 2 aromatic rings. The number of hydrogen-bond acceptors (Lipinski definition) is 5. The summed E-state index contributed by atoms with van der Waals surface area (Å²) >= 11 is 1.28. The maximum absolute atomic E-state index is 12.3. The minimum atomic E-state index is -0.150. The Balaban J connectivity index is 1.56. The molecule has 27 heavy (non-hydrogen) atoms. The van der Waals surface area contributed by atoms with E-state index >= 15 is 0 Å². The van der Waals surface area contributed by atoms with E-state index in [1.54, 1.807) is 37.4 Å². The molecule has 5 nitrogen and oxygen atoms in total. The number of benzene rings is 1. The molecule has 1 aliphatic carbocycles. The van der Waals surface area contributed by atoms with Gasteiger partial charge in [0, 0.05) is 17.3 Å². The molecule has 0 radical (unpaired) electrons. The zero-order valence-electron chi connectivity index (χ0n) is 15.7. The van der Waals surface area contributed by atoms with Crippen molar-refractivity contribution in [2.24, 2.45) is 5.92 Å². The number of nitrogens with zero attached hydrogens (tertiary/aromatic N) is 1. The van der Waals surface area contributed by atoms with Crippen molar-refractivity contribution in [2.45, 2.75) is 50.1 Å². The van der Waals surface area contributed by atoms with Crippen molar-refractivity contribution in [2.75, 3.05) is 12.9 Å². The van der Waals surface area contributed by atoms with E-state index in [9.17, 15) is 9.59 Å². The zero-order chi connectivity index (χ0) is 19.1. The number of hydrogen-bond donors (Lipinski definition) is 1. The van der Waals surface area contributed by atoms with Crippen molar-refractivity contribution in [1.82, 2.24) is 9.97 Å². The van der Waals surface area contributed by atoms with Gasteiger partial charge in [-0.1, -0.05) is 43.9 Å². The van der Waals surface area contributed by atoms with Crippen LogP contribution in [0.5, 0.6) is 5.75 Å². The molecule has 1 aliphatic rings. The van der Waals surface area contributed by atoms with Crippen LogP contribution in [-0.4, -0.2) is 28.6 Å². The zero-order valence-corrected chi connectivity index (χ0v) is 16.5. The molecule has 1 aromatic carbocycles. The summed E-state index contributed by atoms with van der Waals surface area (Å²) in [6.07, 6.45) is 8.50. The van der Waals surface area contributed by atoms with Gasteiger partial charge in [-0.05, 0) is 43.0 Å². The third-order valence-electron chi connectivity index (χ3n) is 5.06. The summed E-state index contributed by atoms with van der Waals surface area (Å²) in [6.45, 7) is 0. The molecular formula is C21H26N2O3S. The Morgan fingerprint density at radius 3 is 2.67 bits per heavy atom. The predicted molar refractivity (Wildman–Crippen MR) is 108 cm³/mol. The molecule has 1 aromatic heterocycles. The van der Waals surface area contributed by atoms with Crippen LogP contribution in [0, 0.1) is 5.92 Å². The van der Waals surface area contributed by atoms with Gasteiger partial charge in [0.25, 0.3) is 5.56 Å². The minimum Gasteiger partial charge on any atom is -0.497 e. The largest absolute Gasteiger partial charge is 0.497 e. The average Bonchev–Trinajstić information content (AvgIpc) is 2.71. The van der Waals surface area contributed by atoms with Gasteiger partial charge in [-0.2, -0.15) is 0 Å². The molecule has 1 N–H and O–H groups in total. The third kappa shape index (κ3) is 5.96. The lowest BCUT2D eigenvalue weighted by atomic mass is 9.86. The molecule has 1 fully saturated rings. The number of nitrogens with one attached hydrogen (secondary N) is 1. The fraction of sp³-hybridized carbons (Fsp3) is 0.476. The van der Waals surface area contributed by atoms with Gasteiger partial charge in [0.05, 0.1) is 12.9 Å². The second-order valence-corrected chi connectivity index (χ2v) is 7.99. The first-order valence-electron chi connectivity index (χ1n) is 9.54. The van der Waals surface area contributed by atoms with Crippen molar-refractivity contribution in [3.05, 3.63) is 51.9 Å². The van der Waals surface area contributed by atoms with E-state index < -0.39 is 0 Å². The molecule has 1 heterocycles. The molecule has 0 unspecified atom stereocenters. The molecular weight excluding hydrogens is 360 g/mol. The molecule has 0 amide bonds. The monoisotopic (exact) mass is 386 g/mol. The number of carbonyl (C=O) groups excluding carboxylic acids is 1. The van der Waals surface area contributed by atoms with Crippen LogP contribution in [0.3, 0.4) is 0 Å². The van der Waals surface area contributed by atoms with Gasteiger partial charge in [0.1, 0.15) is 5.75 Å². The number of carbonyl (C=O) groups is 1. The smallest absolute Gasteiger partial charge is 0.251 e. The Hall–Kier alpha value is -2.08. The van der Waals surface area contributed by atoms with Gasteiger partial charge in [-0.15, -0.1) is 0 Å². The first-order valence-corrected chi connectivity index (χ1v) is 10.5. The lowest BCUT2D eigenvalue weighted by molar-refractivity contribution is 0.102. The fourth-order valence-corrected chi connectivity index (χ4v) is 4.29. The number of methoxy groups -OCH3 is 1. The van der Waals surface area contributed by atoms with Crippen LogP contribution in [0.4, 0.5) is 0 Å². The number of aromatic amines is 1. The summed E-state index contributed by atoms with van der Waals surface area (Å²) in [7, 11) is 1.59. The maximum Gasteiger partial charge on any atom is 0.251 e. The van der Waals surface area contributed by atoms with Crippen molar-refractivity contribution >= 4 is 17.5 Å². The van der Waals surface area contributed by atoms with E-state index in [1.165, 1.54) is 43.9 Å². The van der Waals surface area contributed by atoms with Crippen LogP contribution in [0.15, 0.2) is 40.3 Å². The van der Waals surface area contributed by atoms with Crippen LogP contribution in [-0.2, 0) is 6.42 Å². The van der Waals surface area contributed by atoms with E-state index in [0.717, 1.165) is 30.2 Å². The van der Waals surface area contributed by atoms with Crippen LogP contribution in [0.1, 0.15) is 54.6 Å². The highest BCUT2D eigenvalue weighted by Crippen LogP contribution is 2.27. The van der Waals surface area contributed by atoms with E-state index in [-0.39, 0.29) is 17.1 Å². The number of rotatable bonds is 8. The number of aromatic nitrogens is 2. The highest BCUT2D eigenvalue weighted by Gasteiger charge is 2.14. The van der Waals surface area contributed by atoms with Crippen LogP contribution in [0.25, 0.3) is 0 Å². The third-order valence-corrected chi connectivity index (χ3v) is 5.93. The van der Waals surface area contributed by atoms with Crippen molar-refractivity contribution in [1.29, 1.82) is 0 Å². The highest BCUT2D eigenvalue weighted by molar-refractivity contribution is 7.99. The Morgan fingerprint density at radius 1 is 1.22 bits per heavy atom. The van der Waals surface area contributed by atoms with Gasteiger partial charge >= 0.3 is 0 Å². The summed E-state index contributed by atoms with van der Waals surface area (Å²) in [5.74, 6) is 1.71. The Morgan fingerprint density at radius 2 is 1.96 bits per heavy atom. The second-order valence-electron chi connectivity index (χ2n) is 7.02. The number of Topliss-reactive ketones (excluding diaryl/α,β-unsaturated/α-hetero) is 1. The number of ether oxygens (including phenoxy) is 1. The van der Waals surface area contributed by atoms with E-state index in [4.69, 9.17) is 4.74 Å². The van der Waals surface area contributed by atoms with Gasteiger partial charge in [0.2, 0.25) is 0 Å². The fourth-order valence-electron chi connectivity index (χ4n) is 3.50. The molecule has 1 saturated carbocycles. The molecule has 0 spiro atoms. The van der Waals surface area contributed by atoms with E-state index in [0.29, 0.717) is 10.7 Å². The first-order chi connectivity index (χ1) is 13.1. The molecule has 0 aliphatic heterocycles. The maximum atomic E-state index is 12.3. The molecule has 3 rings (SSSR count).